The minimum absolute atomic E-state index is 0.0587. The largest absolute Gasteiger partial charge is 0.338 e. The molecule has 8 nitrogen and oxygen atoms in total. The number of amides is 3. The maximum atomic E-state index is 11.5. The SMILES string of the molecule is C=CC(=O)N1CC(C(C)C)C1.C=CC(=O)N1CCN(C(C)C)CC1.C=CC(=O)N1CCN(C(C)C)[C@@H](CC)C1. The summed E-state index contributed by atoms with van der Waals surface area (Å²) in [6.07, 6.45) is 5.29. The fourth-order valence-corrected chi connectivity index (χ4v) is 5.07. The predicted octanol–water partition coefficient (Wildman–Crippen LogP) is 3.52. The van der Waals surface area contributed by atoms with E-state index >= 15 is 0 Å². The number of hydrogen-bond donors (Lipinski definition) is 0. The lowest BCUT2D eigenvalue weighted by molar-refractivity contribution is -0.133. The quantitative estimate of drug-likeness (QED) is 0.458. The van der Waals surface area contributed by atoms with E-state index in [0.29, 0.717) is 30.0 Å². The van der Waals surface area contributed by atoms with Crippen molar-refractivity contribution in [2.75, 3.05) is 58.9 Å². The summed E-state index contributed by atoms with van der Waals surface area (Å²) < 4.78 is 0. The van der Waals surface area contributed by atoms with Gasteiger partial charge in [-0.3, -0.25) is 24.2 Å². The van der Waals surface area contributed by atoms with Gasteiger partial charge in [0.05, 0.1) is 0 Å². The molecule has 3 aliphatic heterocycles. The number of rotatable bonds is 7. The van der Waals surface area contributed by atoms with E-state index in [0.717, 1.165) is 65.3 Å². The van der Waals surface area contributed by atoms with Gasteiger partial charge in [-0.15, -0.1) is 0 Å². The van der Waals surface area contributed by atoms with Crippen LogP contribution in [0.5, 0.6) is 0 Å². The standard InChI is InChI=1S/C12H22N2O.C10H18N2O.C9H15NO/c1-5-11-9-13(12(15)6-2)7-8-14(11)10(3)4;1-4-10(13)12-7-5-11(6-8-12)9(2)3;1-4-9(11)10-5-8(6-10)7(2)3/h6,10-11H,2,5,7-9H2,1,3-4H3;4,9H,1,5-8H2,2-3H3;4,7-8H,1,5-6H2,2-3H3/t11-;;/m0../s1. The normalized spacial score (nSPS) is 20.5. The van der Waals surface area contributed by atoms with E-state index in [9.17, 15) is 14.4 Å². The molecule has 3 amide bonds. The minimum atomic E-state index is 0.0587. The number of likely N-dealkylation sites (tertiary alicyclic amines) is 1. The molecule has 0 unspecified atom stereocenters. The summed E-state index contributed by atoms with van der Waals surface area (Å²) in [5.74, 6) is 1.60. The Bertz CT molecular complexity index is 811. The zero-order valence-corrected chi connectivity index (χ0v) is 25.8. The molecule has 3 fully saturated rings. The fourth-order valence-electron chi connectivity index (χ4n) is 5.07. The number of piperazine rings is 2. The molecule has 0 saturated carbocycles. The van der Waals surface area contributed by atoms with Crippen molar-refractivity contribution in [3.63, 3.8) is 0 Å². The van der Waals surface area contributed by atoms with Crippen LogP contribution in [0.25, 0.3) is 0 Å². The molecule has 0 bridgehead atoms. The Morgan fingerprint density at radius 3 is 1.54 bits per heavy atom. The van der Waals surface area contributed by atoms with Crippen LogP contribution in [0.1, 0.15) is 54.9 Å². The van der Waals surface area contributed by atoms with Crippen LogP contribution >= 0.6 is 0 Å². The Kier molecular flexibility index (Phi) is 15.3. The lowest BCUT2D eigenvalue weighted by atomic mass is 9.88. The first kappa shape index (κ1) is 34.6. The lowest BCUT2D eigenvalue weighted by Gasteiger charge is -2.43. The van der Waals surface area contributed by atoms with Crippen LogP contribution in [-0.2, 0) is 14.4 Å². The van der Waals surface area contributed by atoms with Gasteiger partial charge < -0.3 is 14.7 Å². The zero-order chi connectivity index (χ0) is 29.7. The molecular formula is C31H55N5O3. The molecule has 0 spiro atoms. The van der Waals surface area contributed by atoms with E-state index in [1.807, 2.05) is 14.7 Å². The van der Waals surface area contributed by atoms with Crippen LogP contribution in [0.15, 0.2) is 38.0 Å². The van der Waals surface area contributed by atoms with Gasteiger partial charge >= 0.3 is 0 Å². The first-order valence-corrected chi connectivity index (χ1v) is 14.6. The molecule has 0 aliphatic carbocycles. The molecule has 8 heteroatoms. The summed E-state index contributed by atoms with van der Waals surface area (Å²) >= 11 is 0. The van der Waals surface area contributed by atoms with Gasteiger partial charge in [0.1, 0.15) is 0 Å². The third kappa shape index (κ3) is 10.9. The van der Waals surface area contributed by atoms with Crippen molar-refractivity contribution in [2.24, 2.45) is 11.8 Å². The number of nitrogens with zero attached hydrogens (tertiary/aromatic N) is 5. The summed E-state index contributed by atoms with van der Waals surface area (Å²) in [4.78, 5) is 44.1. The molecule has 0 radical (unpaired) electrons. The molecule has 3 rings (SSSR count). The van der Waals surface area contributed by atoms with Gasteiger partial charge in [-0.05, 0) is 64.2 Å². The van der Waals surface area contributed by atoms with Crippen molar-refractivity contribution < 1.29 is 14.4 Å². The maximum absolute atomic E-state index is 11.5. The van der Waals surface area contributed by atoms with Gasteiger partial charge in [0.25, 0.3) is 0 Å². The van der Waals surface area contributed by atoms with Crippen LogP contribution in [0.2, 0.25) is 0 Å². The van der Waals surface area contributed by atoms with Gasteiger partial charge in [-0.2, -0.15) is 0 Å². The smallest absolute Gasteiger partial charge is 0.246 e. The highest BCUT2D eigenvalue weighted by Crippen LogP contribution is 2.23. The second-order valence-corrected chi connectivity index (χ2v) is 11.5. The molecule has 3 saturated heterocycles. The second kappa shape index (κ2) is 17.3. The predicted molar refractivity (Wildman–Crippen MR) is 161 cm³/mol. The van der Waals surface area contributed by atoms with Gasteiger partial charge in [0, 0.05) is 77.0 Å². The molecule has 0 aromatic heterocycles. The molecule has 0 aromatic carbocycles. The third-order valence-electron chi connectivity index (χ3n) is 8.02. The molecule has 0 N–H and O–H groups in total. The Balaban J connectivity index is 0.000000296. The van der Waals surface area contributed by atoms with Crippen molar-refractivity contribution in [2.45, 2.75) is 73.0 Å². The third-order valence-corrected chi connectivity index (χ3v) is 8.02. The van der Waals surface area contributed by atoms with Gasteiger partial charge in [0.2, 0.25) is 17.7 Å². The van der Waals surface area contributed by atoms with Gasteiger partial charge in [-0.25, -0.2) is 0 Å². The highest BCUT2D eigenvalue weighted by molar-refractivity contribution is 5.88. The molecular weight excluding hydrogens is 490 g/mol. The van der Waals surface area contributed by atoms with Crippen LogP contribution in [-0.4, -0.2) is 119 Å². The monoisotopic (exact) mass is 545 g/mol. The summed E-state index contributed by atoms with van der Waals surface area (Å²) in [5.41, 5.74) is 0. The first-order valence-electron chi connectivity index (χ1n) is 14.6. The Hall–Kier alpha value is -2.45. The highest BCUT2D eigenvalue weighted by atomic mass is 16.2. The Morgan fingerprint density at radius 1 is 0.667 bits per heavy atom. The number of carbonyl (C=O) groups is 3. The summed E-state index contributed by atoms with van der Waals surface area (Å²) in [5, 5.41) is 0. The van der Waals surface area contributed by atoms with E-state index in [1.54, 1.807) is 0 Å². The Labute approximate surface area is 238 Å². The Morgan fingerprint density at radius 2 is 1.13 bits per heavy atom. The summed E-state index contributed by atoms with van der Waals surface area (Å²) in [6, 6.07) is 1.65. The van der Waals surface area contributed by atoms with Crippen molar-refractivity contribution >= 4 is 17.7 Å². The summed E-state index contributed by atoms with van der Waals surface area (Å²) in [6.45, 7) is 34.0. The molecule has 39 heavy (non-hydrogen) atoms. The zero-order valence-electron chi connectivity index (χ0n) is 25.8. The van der Waals surface area contributed by atoms with Crippen LogP contribution in [0, 0.1) is 11.8 Å². The summed E-state index contributed by atoms with van der Waals surface area (Å²) in [7, 11) is 0. The maximum Gasteiger partial charge on any atom is 0.246 e. The average molecular weight is 546 g/mol. The van der Waals surface area contributed by atoms with Crippen LogP contribution < -0.4 is 0 Å². The highest BCUT2D eigenvalue weighted by Gasteiger charge is 2.31. The van der Waals surface area contributed by atoms with Gasteiger partial charge in [-0.1, -0.05) is 40.5 Å². The first-order chi connectivity index (χ1) is 18.4. The van der Waals surface area contributed by atoms with Gasteiger partial charge in [0.15, 0.2) is 0 Å². The van der Waals surface area contributed by atoms with Crippen molar-refractivity contribution in [3.8, 4) is 0 Å². The van der Waals surface area contributed by atoms with E-state index in [1.165, 1.54) is 18.2 Å². The molecule has 1 atom stereocenters. The van der Waals surface area contributed by atoms with E-state index in [-0.39, 0.29) is 17.7 Å². The minimum Gasteiger partial charge on any atom is -0.338 e. The molecule has 0 aromatic rings. The van der Waals surface area contributed by atoms with Crippen LogP contribution in [0.3, 0.4) is 0 Å². The van der Waals surface area contributed by atoms with Crippen molar-refractivity contribution in [1.29, 1.82) is 0 Å². The topological polar surface area (TPSA) is 67.4 Å². The van der Waals surface area contributed by atoms with E-state index < -0.39 is 0 Å². The fraction of sp³-hybridized carbons (Fsp3) is 0.710. The number of hydrogen-bond acceptors (Lipinski definition) is 5. The molecule has 3 heterocycles. The molecule has 222 valence electrons. The van der Waals surface area contributed by atoms with E-state index in [4.69, 9.17) is 0 Å². The van der Waals surface area contributed by atoms with Crippen molar-refractivity contribution in [1.82, 2.24) is 24.5 Å². The van der Waals surface area contributed by atoms with Crippen molar-refractivity contribution in [3.05, 3.63) is 38.0 Å². The number of carbonyl (C=O) groups excluding carboxylic acids is 3. The molecule has 3 aliphatic rings. The van der Waals surface area contributed by atoms with Crippen LogP contribution in [0.4, 0.5) is 0 Å². The van der Waals surface area contributed by atoms with E-state index in [2.05, 4.69) is 78.0 Å². The average Bonchev–Trinajstić information content (AvgIpc) is 2.91. The second-order valence-electron chi connectivity index (χ2n) is 11.5. The lowest BCUT2D eigenvalue weighted by Crippen LogP contribution is -2.56.